The van der Waals surface area contributed by atoms with E-state index >= 15 is 0 Å². The average Bonchev–Trinajstić information content (AvgIpc) is 3.26. The number of aliphatic hydroxyl groups excluding tert-OH is 4. The molecule has 4 aliphatic rings. The molecular weight excluding hydrogens is 576 g/mol. The van der Waals surface area contributed by atoms with E-state index in [9.17, 15) is 44.7 Å². The molecule has 44 heavy (non-hydrogen) atoms. The Morgan fingerprint density at radius 3 is 2.32 bits per heavy atom. The fraction of sp³-hybridized carbons (Fsp3) is 0.750. The van der Waals surface area contributed by atoms with Crippen LogP contribution in [0, 0.1) is 22.7 Å². The van der Waals surface area contributed by atoms with Crippen LogP contribution in [0.5, 0.6) is 0 Å². The van der Waals surface area contributed by atoms with Crippen molar-refractivity contribution in [1.82, 2.24) is 0 Å². The first-order chi connectivity index (χ1) is 20.6. The average molecular weight is 621 g/mol. The van der Waals surface area contributed by atoms with Crippen molar-refractivity contribution in [2.45, 2.75) is 126 Å². The van der Waals surface area contributed by atoms with Crippen LogP contribution in [-0.4, -0.2) is 85.5 Å². The van der Waals surface area contributed by atoms with Gasteiger partial charge >= 0.3 is 17.6 Å². The maximum atomic E-state index is 13.3. The van der Waals surface area contributed by atoms with E-state index in [1.807, 2.05) is 0 Å². The van der Waals surface area contributed by atoms with Gasteiger partial charge in [0, 0.05) is 24.8 Å². The summed E-state index contributed by atoms with van der Waals surface area (Å²) in [6, 6.07) is 3.14. The van der Waals surface area contributed by atoms with Gasteiger partial charge < -0.3 is 44.2 Å². The minimum atomic E-state index is -2.13. The highest BCUT2D eigenvalue weighted by atomic mass is 16.6. The Morgan fingerprint density at radius 1 is 1.00 bits per heavy atom. The van der Waals surface area contributed by atoms with Gasteiger partial charge in [0.1, 0.15) is 30.2 Å². The van der Waals surface area contributed by atoms with Gasteiger partial charge in [0.05, 0.1) is 23.4 Å². The van der Waals surface area contributed by atoms with E-state index in [0.717, 1.165) is 11.8 Å². The highest BCUT2D eigenvalue weighted by Crippen LogP contribution is 2.71. The summed E-state index contributed by atoms with van der Waals surface area (Å²) in [5, 5.41) is 52.3. The zero-order valence-corrected chi connectivity index (χ0v) is 25.4. The number of carbonyl (C=O) groups is 3. The molecule has 4 saturated carbocycles. The van der Waals surface area contributed by atoms with Crippen molar-refractivity contribution in [3.05, 3.63) is 34.4 Å². The van der Waals surface area contributed by atoms with Gasteiger partial charge in [-0.15, -0.1) is 0 Å². The lowest BCUT2D eigenvalue weighted by molar-refractivity contribution is -0.256. The largest absolute Gasteiger partial charge is 0.460 e. The molecule has 12 unspecified atom stereocenters. The van der Waals surface area contributed by atoms with E-state index in [2.05, 4.69) is 6.92 Å². The molecular formula is C32H44O12. The lowest BCUT2D eigenvalue weighted by Gasteiger charge is -2.65. The Hall–Kier alpha value is -2.64. The quantitative estimate of drug-likeness (QED) is 0.205. The van der Waals surface area contributed by atoms with Gasteiger partial charge in [-0.2, -0.15) is 0 Å². The molecule has 12 heteroatoms. The van der Waals surface area contributed by atoms with Crippen molar-refractivity contribution in [2.75, 3.05) is 0 Å². The van der Waals surface area contributed by atoms with E-state index < -0.39 is 70.1 Å². The smallest absolute Gasteiger partial charge is 0.338 e. The second-order valence-corrected chi connectivity index (χ2v) is 13.8. The molecule has 0 radical (unpaired) electrons. The molecule has 0 saturated heterocycles. The van der Waals surface area contributed by atoms with Crippen LogP contribution in [-0.2, 0) is 23.9 Å². The molecule has 0 bridgehead atoms. The standard InChI is InChI=1S/C32H44O12/c1-17(34)25(37)26(38)27(39)28(40)43-20-6-11-30(16-33)22-7-10-29(3)21(19-4-5-24(36)42-15-19)9-13-32(29,41)23(22)8-12-31(30,14-20)44-18(2)35/h4-5,15-17,20-23,25-27,34,37-39,41H,6-14H2,1-3H3. The highest BCUT2D eigenvalue weighted by molar-refractivity contribution is 5.75. The Labute approximate surface area is 255 Å². The number of fused-ring (bicyclic) bond motifs is 5. The van der Waals surface area contributed by atoms with Crippen molar-refractivity contribution >= 4 is 18.2 Å². The van der Waals surface area contributed by atoms with Crippen molar-refractivity contribution in [3.8, 4) is 0 Å². The molecule has 244 valence electrons. The van der Waals surface area contributed by atoms with Gasteiger partial charge in [0.15, 0.2) is 6.10 Å². The van der Waals surface area contributed by atoms with Crippen LogP contribution < -0.4 is 5.63 Å². The summed E-state index contributed by atoms with van der Waals surface area (Å²) in [7, 11) is 0. The first-order valence-corrected chi connectivity index (χ1v) is 15.5. The van der Waals surface area contributed by atoms with Crippen LogP contribution in [0.15, 0.2) is 27.6 Å². The summed E-state index contributed by atoms with van der Waals surface area (Å²) in [6.45, 7) is 4.52. The Morgan fingerprint density at radius 2 is 1.70 bits per heavy atom. The molecule has 1 aromatic heterocycles. The number of hydrogen-bond donors (Lipinski definition) is 5. The molecule has 0 aliphatic heterocycles. The van der Waals surface area contributed by atoms with E-state index in [4.69, 9.17) is 13.9 Å². The molecule has 5 rings (SSSR count). The van der Waals surface area contributed by atoms with Crippen molar-refractivity contribution in [2.24, 2.45) is 22.7 Å². The van der Waals surface area contributed by atoms with Crippen molar-refractivity contribution in [1.29, 1.82) is 0 Å². The maximum absolute atomic E-state index is 13.3. The Bertz CT molecular complexity index is 1310. The van der Waals surface area contributed by atoms with Gasteiger partial charge in [-0.25, -0.2) is 9.59 Å². The molecule has 1 aromatic rings. The molecule has 4 aliphatic carbocycles. The highest BCUT2D eigenvalue weighted by Gasteiger charge is 2.72. The molecule has 4 fully saturated rings. The predicted octanol–water partition coefficient (Wildman–Crippen LogP) is 1.12. The maximum Gasteiger partial charge on any atom is 0.338 e. The van der Waals surface area contributed by atoms with Gasteiger partial charge in [0.25, 0.3) is 0 Å². The number of aldehydes is 1. The number of ether oxygens (including phenoxy) is 2. The number of aliphatic hydroxyl groups is 5. The number of esters is 2. The summed E-state index contributed by atoms with van der Waals surface area (Å²) in [4.78, 5) is 50.1. The number of hydrogen-bond acceptors (Lipinski definition) is 12. The normalized spacial score (nSPS) is 40.7. The lowest BCUT2D eigenvalue weighted by atomic mass is 9.41. The summed E-state index contributed by atoms with van der Waals surface area (Å²) in [5.41, 5.74) is -3.73. The molecule has 0 spiro atoms. The van der Waals surface area contributed by atoms with Gasteiger partial charge in [-0.1, -0.05) is 6.92 Å². The van der Waals surface area contributed by atoms with Crippen molar-refractivity contribution < 1.29 is 53.8 Å². The van der Waals surface area contributed by atoms with Crippen LogP contribution in [0.3, 0.4) is 0 Å². The van der Waals surface area contributed by atoms with E-state index in [-0.39, 0.29) is 43.4 Å². The molecule has 12 atom stereocenters. The van der Waals surface area contributed by atoms with Crippen LogP contribution >= 0.6 is 0 Å². The number of rotatable bonds is 8. The van der Waals surface area contributed by atoms with Gasteiger partial charge in [-0.05, 0) is 87.7 Å². The van der Waals surface area contributed by atoms with E-state index in [1.165, 1.54) is 26.2 Å². The van der Waals surface area contributed by atoms with Gasteiger partial charge in [0.2, 0.25) is 0 Å². The van der Waals surface area contributed by atoms with Crippen LogP contribution in [0.2, 0.25) is 0 Å². The summed E-state index contributed by atoms with van der Waals surface area (Å²) >= 11 is 0. The number of carbonyl (C=O) groups excluding carboxylic acids is 3. The molecule has 1 heterocycles. The van der Waals surface area contributed by atoms with E-state index in [1.54, 1.807) is 6.07 Å². The Kier molecular flexibility index (Phi) is 8.65. The monoisotopic (exact) mass is 620 g/mol. The first kappa shape index (κ1) is 32.7. The molecule has 0 aromatic carbocycles. The fourth-order valence-corrected chi connectivity index (χ4v) is 9.61. The minimum absolute atomic E-state index is 0.0105. The topological polar surface area (TPSA) is 201 Å². The summed E-state index contributed by atoms with van der Waals surface area (Å²) in [5.74, 6) is -2.43. The second kappa shape index (κ2) is 11.6. The third kappa shape index (κ3) is 4.93. The molecule has 5 N–H and O–H groups in total. The zero-order valence-electron chi connectivity index (χ0n) is 25.4. The molecule has 12 nitrogen and oxygen atoms in total. The lowest BCUT2D eigenvalue weighted by Crippen LogP contribution is -2.69. The third-order valence-corrected chi connectivity index (χ3v) is 11.8. The van der Waals surface area contributed by atoms with Crippen molar-refractivity contribution in [3.63, 3.8) is 0 Å². The summed E-state index contributed by atoms with van der Waals surface area (Å²) < 4.78 is 16.7. The first-order valence-electron chi connectivity index (χ1n) is 15.5. The minimum Gasteiger partial charge on any atom is -0.460 e. The van der Waals surface area contributed by atoms with Crippen LogP contribution in [0.1, 0.15) is 90.0 Å². The van der Waals surface area contributed by atoms with Gasteiger partial charge in [-0.3, -0.25) is 4.79 Å². The fourth-order valence-electron chi connectivity index (χ4n) is 9.61. The van der Waals surface area contributed by atoms with Crippen LogP contribution in [0.4, 0.5) is 0 Å². The third-order valence-electron chi connectivity index (χ3n) is 11.8. The second-order valence-electron chi connectivity index (χ2n) is 13.8. The predicted molar refractivity (Wildman–Crippen MR) is 152 cm³/mol. The zero-order chi connectivity index (χ0) is 32.2. The SMILES string of the molecule is CC(=O)OC12CCC3C(CCC4(C)C(c5ccc(=O)oc5)CCC34O)C1(C=O)CCC(OC(=O)C(O)C(O)C(O)C(C)O)C2. The molecule has 0 amide bonds. The van der Waals surface area contributed by atoms with E-state index in [0.29, 0.717) is 32.1 Å². The Balaban J connectivity index is 1.42. The van der Waals surface area contributed by atoms with Crippen LogP contribution in [0.25, 0.3) is 0 Å². The summed E-state index contributed by atoms with van der Waals surface area (Å²) in [6.07, 6.45) is -2.36.